The first-order valence-electron chi connectivity index (χ1n) is 23.4. The second-order valence-electron chi connectivity index (χ2n) is 20.8. The van der Waals surface area contributed by atoms with Gasteiger partial charge in [0.1, 0.15) is 11.2 Å². The molecule has 3 spiro atoms. The number of carbonyl (C=O) groups is 2. The average molecular weight is 796 g/mol. The summed E-state index contributed by atoms with van der Waals surface area (Å²) in [6.45, 7) is 9.45. The van der Waals surface area contributed by atoms with Gasteiger partial charge in [-0.3, -0.25) is 9.69 Å². The zero-order chi connectivity index (χ0) is 40.0. The molecule has 0 radical (unpaired) electrons. The minimum absolute atomic E-state index is 0.0698. The van der Waals surface area contributed by atoms with Crippen LogP contribution in [0.2, 0.25) is 0 Å². The van der Waals surface area contributed by atoms with Gasteiger partial charge in [-0.05, 0) is 130 Å². The fourth-order valence-electron chi connectivity index (χ4n) is 16.2. The van der Waals surface area contributed by atoms with Crippen molar-refractivity contribution in [3.05, 3.63) is 105 Å². The van der Waals surface area contributed by atoms with Crippen molar-refractivity contribution in [3.63, 3.8) is 0 Å². The Morgan fingerprint density at radius 3 is 2.59 bits per heavy atom. The molecule has 5 aliphatic carbocycles. The Morgan fingerprint density at radius 1 is 0.949 bits per heavy atom. The standard InChI is InChI=1S/C51H61N3O5/c1-29-15-16-40-45-37-17-18-49-46(41(55)20-30(2)53-25-33-22-34(26-53)28-54(40)27-33)58-48(57)50(49)39(37)24-36(43(29)45)23-32-10-5-9-31(21-32)8-3-4-14-42(50)51(49)38-13-6-11-35(12-7-19-52)44(38)47(56)59-51/h5-6,9-11,13,16,21,29-30,33-34,36,42-43,45,55H,3-4,7-8,12,14-15,17-20,22-28,52H2,1-2H3. The number of allylic oxidation sites excluding steroid dienone is 2. The molecule has 59 heavy (non-hydrogen) atoms. The summed E-state index contributed by atoms with van der Waals surface area (Å²) in [5.74, 6) is 2.46. The SMILES string of the molecule is CC1CC=C2C3C4=C5CC(Cc6cccc(c6)CCCCC6C57C(=O)OC(=C(O)CC(C)N5CC8CC(CN2C8)C5)C7(CC4)C62OC(=O)c4c(CCCN)cccc42)C13. The highest BCUT2D eigenvalue weighted by atomic mass is 16.6. The van der Waals surface area contributed by atoms with Gasteiger partial charge >= 0.3 is 11.9 Å². The Balaban J connectivity index is 1.15. The molecular weight excluding hydrogens is 735 g/mol. The van der Waals surface area contributed by atoms with Gasteiger partial charge in [-0.2, -0.15) is 0 Å². The fourth-order valence-corrected chi connectivity index (χ4v) is 16.2. The van der Waals surface area contributed by atoms with Crippen LogP contribution in [0, 0.1) is 52.3 Å². The van der Waals surface area contributed by atoms with E-state index in [2.05, 4.69) is 72.2 Å². The van der Waals surface area contributed by atoms with Crippen LogP contribution in [0.5, 0.6) is 0 Å². The topological polar surface area (TPSA) is 105 Å². The molecule has 1 saturated carbocycles. The molecule has 2 aromatic rings. The van der Waals surface area contributed by atoms with E-state index in [-0.39, 0.29) is 35.6 Å². The zero-order valence-corrected chi connectivity index (χ0v) is 35.0. The van der Waals surface area contributed by atoms with Gasteiger partial charge in [-0.25, -0.2) is 4.79 Å². The highest BCUT2D eigenvalue weighted by molar-refractivity contribution is 6.00. The summed E-state index contributed by atoms with van der Waals surface area (Å²) in [4.78, 5) is 36.0. The van der Waals surface area contributed by atoms with E-state index in [1.54, 1.807) is 0 Å². The summed E-state index contributed by atoms with van der Waals surface area (Å²) in [5.41, 5.74) is 12.4. The van der Waals surface area contributed by atoms with Gasteiger partial charge in [-0.15, -0.1) is 0 Å². The first kappa shape index (κ1) is 36.9. The first-order valence-corrected chi connectivity index (χ1v) is 23.4. The Labute approximate surface area is 349 Å². The van der Waals surface area contributed by atoms with Crippen LogP contribution in [0.15, 0.2) is 76.9 Å². The molecule has 4 fully saturated rings. The van der Waals surface area contributed by atoms with Gasteiger partial charge in [0.2, 0.25) is 0 Å². The molecule has 3 saturated heterocycles. The lowest BCUT2D eigenvalue weighted by molar-refractivity contribution is -0.279. The number of piperidine rings is 2. The van der Waals surface area contributed by atoms with E-state index in [9.17, 15) is 9.90 Å². The van der Waals surface area contributed by atoms with Crippen molar-refractivity contribution >= 4 is 11.9 Å². The Kier molecular flexibility index (Phi) is 8.18. The number of carbonyl (C=O) groups excluding carboxylic acids is 2. The molecule has 0 aromatic heterocycles. The van der Waals surface area contributed by atoms with Crippen molar-refractivity contribution in [2.24, 2.45) is 58.0 Å². The molecule has 0 amide bonds. The molecule has 13 aliphatic rings. The predicted octanol–water partition coefficient (Wildman–Crippen LogP) is 8.15. The highest BCUT2D eigenvalue weighted by Gasteiger charge is 2.93. The molecular formula is C51H61N3O5. The quantitative estimate of drug-likeness (QED) is 0.237. The van der Waals surface area contributed by atoms with Crippen LogP contribution in [0.3, 0.4) is 0 Å². The number of nitrogens with zero attached hydrogens (tertiary/aromatic N) is 2. The summed E-state index contributed by atoms with van der Waals surface area (Å²) < 4.78 is 14.0. The van der Waals surface area contributed by atoms with Crippen LogP contribution in [-0.4, -0.2) is 65.6 Å². The van der Waals surface area contributed by atoms with Gasteiger partial charge in [0.05, 0.1) is 11.0 Å². The van der Waals surface area contributed by atoms with Gasteiger partial charge in [0, 0.05) is 61.7 Å². The number of fused-ring (bicyclic) bond motifs is 7. The van der Waals surface area contributed by atoms with E-state index in [1.165, 1.54) is 34.4 Å². The molecule has 8 heterocycles. The van der Waals surface area contributed by atoms with Crippen molar-refractivity contribution < 1.29 is 24.2 Å². The predicted molar refractivity (Wildman–Crippen MR) is 225 cm³/mol. The number of esters is 2. The summed E-state index contributed by atoms with van der Waals surface area (Å²) in [7, 11) is 0. The van der Waals surface area contributed by atoms with Crippen molar-refractivity contribution in [2.75, 3.05) is 32.7 Å². The molecule has 11 unspecified atom stereocenters. The molecule has 11 atom stereocenters. The van der Waals surface area contributed by atoms with Crippen LogP contribution >= 0.6 is 0 Å². The Bertz CT molecular complexity index is 2250. The Morgan fingerprint density at radius 2 is 1.76 bits per heavy atom. The summed E-state index contributed by atoms with van der Waals surface area (Å²) in [5, 5.41) is 12.8. The van der Waals surface area contributed by atoms with E-state index in [1.807, 2.05) is 0 Å². The van der Waals surface area contributed by atoms with Crippen LogP contribution in [0.25, 0.3) is 0 Å². The van der Waals surface area contributed by atoms with E-state index in [4.69, 9.17) is 15.2 Å². The normalized spacial score (nSPS) is 41.4. The van der Waals surface area contributed by atoms with Gasteiger partial charge in [0.25, 0.3) is 0 Å². The minimum atomic E-state index is -1.13. The molecule has 13 bridgehead atoms. The maximum atomic E-state index is 15.8. The molecule has 8 nitrogen and oxygen atoms in total. The van der Waals surface area contributed by atoms with Crippen LogP contribution in [0.1, 0.15) is 111 Å². The molecule has 15 rings (SSSR count). The van der Waals surface area contributed by atoms with Crippen molar-refractivity contribution in [2.45, 2.75) is 109 Å². The van der Waals surface area contributed by atoms with E-state index in [0.717, 1.165) is 95.1 Å². The van der Waals surface area contributed by atoms with Crippen LogP contribution in [0.4, 0.5) is 0 Å². The van der Waals surface area contributed by atoms with Gasteiger partial charge in [-0.1, -0.05) is 73.0 Å². The summed E-state index contributed by atoms with van der Waals surface area (Å²) in [6, 6.07) is 15.7. The van der Waals surface area contributed by atoms with Crippen LogP contribution in [-0.2, 0) is 39.1 Å². The molecule has 2 aromatic carbocycles. The molecule has 8 heteroatoms. The number of aryl methyl sites for hydroxylation is 2. The van der Waals surface area contributed by atoms with Gasteiger partial charge < -0.3 is 25.2 Å². The summed E-state index contributed by atoms with van der Waals surface area (Å²) in [6.07, 6.45) is 13.6. The highest BCUT2D eigenvalue weighted by Crippen LogP contribution is 2.87. The molecule has 8 aliphatic heterocycles. The largest absolute Gasteiger partial charge is 0.509 e. The third-order valence-corrected chi connectivity index (χ3v) is 18.0. The summed E-state index contributed by atoms with van der Waals surface area (Å²) >= 11 is 0. The molecule has 3 N–H and O–H groups in total. The maximum absolute atomic E-state index is 15.8. The number of benzene rings is 2. The maximum Gasteiger partial charge on any atom is 0.339 e. The van der Waals surface area contributed by atoms with E-state index < -0.39 is 16.4 Å². The van der Waals surface area contributed by atoms with E-state index in [0.29, 0.717) is 66.7 Å². The number of aliphatic hydroxyl groups is 1. The second kappa shape index (κ2) is 13.1. The van der Waals surface area contributed by atoms with Crippen molar-refractivity contribution in [3.8, 4) is 0 Å². The third kappa shape index (κ3) is 4.69. The number of aliphatic hydroxyl groups excluding tert-OH is 1. The third-order valence-electron chi connectivity index (χ3n) is 18.0. The lowest BCUT2D eigenvalue weighted by Crippen LogP contribution is -2.77. The minimum Gasteiger partial charge on any atom is -0.509 e. The van der Waals surface area contributed by atoms with E-state index >= 15 is 4.79 Å². The Hall–Kier alpha value is -3.88. The number of hydrogen-bond donors (Lipinski definition) is 2. The monoisotopic (exact) mass is 795 g/mol. The van der Waals surface area contributed by atoms with Gasteiger partial charge in [0.15, 0.2) is 11.4 Å². The zero-order valence-electron chi connectivity index (χ0n) is 35.0. The van der Waals surface area contributed by atoms with Crippen molar-refractivity contribution in [1.82, 2.24) is 9.80 Å². The smallest absolute Gasteiger partial charge is 0.339 e. The lowest BCUT2D eigenvalue weighted by Gasteiger charge is -2.72. The number of ether oxygens (including phenoxy) is 2. The fraction of sp³-hybridized carbons (Fsp3) is 0.608. The number of hydrogen-bond acceptors (Lipinski definition) is 8. The first-order chi connectivity index (χ1) is 28.7. The second-order valence-corrected chi connectivity index (χ2v) is 20.8. The molecule has 310 valence electrons. The van der Waals surface area contributed by atoms with Crippen LogP contribution < -0.4 is 5.73 Å². The number of nitrogens with two attached hydrogens (primary N) is 1. The number of rotatable bonds is 3. The average Bonchev–Trinajstić information content (AvgIpc) is 3.68. The lowest BCUT2D eigenvalue weighted by atomic mass is 9.28. The van der Waals surface area contributed by atoms with Crippen molar-refractivity contribution in [1.29, 1.82) is 0 Å².